The number of nitriles is 1. The van der Waals surface area contributed by atoms with Gasteiger partial charge in [-0.05, 0) is 87.5 Å². The lowest BCUT2D eigenvalue weighted by Crippen LogP contribution is -2.47. The SMILES string of the molecule is N#Cc1ccc(N2C[C@@H](CN3CCC4(CCNCC4)CC3)[C@H](C(F)F)C2)c2cccnc12. The summed E-state index contributed by atoms with van der Waals surface area (Å²) in [7, 11) is 0. The Bertz CT molecular complexity index is 987. The number of piperidine rings is 2. The molecule has 1 spiro atoms. The van der Waals surface area contributed by atoms with E-state index >= 15 is 0 Å². The maximum Gasteiger partial charge on any atom is 0.243 e. The topological polar surface area (TPSA) is 55.2 Å². The summed E-state index contributed by atoms with van der Waals surface area (Å²) in [6.07, 6.45) is 4.22. The van der Waals surface area contributed by atoms with Crippen molar-refractivity contribution in [3.05, 3.63) is 36.0 Å². The molecule has 0 saturated carbocycles. The molecule has 0 radical (unpaired) electrons. The third-order valence-electron chi connectivity index (χ3n) is 8.10. The first-order valence-electron chi connectivity index (χ1n) is 11.8. The number of aromatic nitrogens is 1. The minimum atomic E-state index is -2.33. The van der Waals surface area contributed by atoms with Crippen LogP contribution in [0.5, 0.6) is 0 Å². The first kappa shape index (κ1) is 21.5. The molecule has 3 aliphatic heterocycles. The summed E-state index contributed by atoms with van der Waals surface area (Å²) < 4.78 is 28.1. The molecule has 2 atom stereocenters. The van der Waals surface area contributed by atoms with E-state index in [0.717, 1.165) is 43.8 Å². The lowest BCUT2D eigenvalue weighted by Gasteiger charge is -2.45. The highest BCUT2D eigenvalue weighted by molar-refractivity contribution is 5.95. The number of rotatable bonds is 4. The normalized spacial score (nSPS) is 26.1. The van der Waals surface area contributed by atoms with Crippen molar-refractivity contribution in [3.8, 4) is 6.07 Å². The summed E-state index contributed by atoms with van der Waals surface area (Å²) in [4.78, 5) is 8.90. The van der Waals surface area contributed by atoms with Gasteiger partial charge in [-0.2, -0.15) is 5.26 Å². The van der Waals surface area contributed by atoms with Gasteiger partial charge in [0, 0.05) is 42.8 Å². The second kappa shape index (κ2) is 8.92. The molecule has 0 bridgehead atoms. The Kier molecular flexibility index (Phi) is 6.00. The van der Waals surface area contributed by atoms with E-state index in [4.69, 9.17) is 0 Å². The van der Waals surface area contributed by atoms with E-state index in [0.29, 0.717) is 29.6 Å². The fourth-order valence-electron chi connectivity index (χ4n) is 6.09. The van der Waals surface area contributed by atoms with Crippen LogP contribution >= 0.6 is 0 Å². The van der Waals surface area contributed by atoms with Crippen molar-refractivity contribution in [2.45, 2.75) is 32.1 Å². The first-order valence-corrected chi connectivity index (χ1v) is 11.8. The molecule has 0 unspecified atom stereocenters. The Labute approximate surface area is 188 Å². The molecule has 0 aliphatic carbocycles. The van der Waals surface area contributed by atoms with Gasteiger partial charge in [-0.3, -0.25) is 4.98 Å². The molecule has 2 aromatic rings. The van der Waals surface area contributed by atoms with Crippen LogP contribution in [-0.2, 0) is 0 Å². The maximum absolute atomic E-state index is 14.0. The van der Waals surface area contributed by atoms with E-state index in [2.05, 4.69) is 26.2 Å². The molecule has 170 valence electrons. The smallest absolute Gasteiger partial charge is 0.243 e. The minimum Gasteiger partial charge on any atom is -0.370 e. The second-order valence-electron chi connectivity index (χ2n) is 9.86. The number of fused-ring (bicyclic) bond motifs is 1. The van der Waals surface area contributed by atoms with Crippen molar-refractivity contribution < 1.29 is 8.78 Å². The van der Waals surface area contributed by atoms with Crippen LogP contribution in [-0.4, -0.2) is 62.1 Å². The molecular weight excluding hydrogens is 408 g/mol. The Balaban J connectivity index is 1.31. The van der Waals surface area contributed by atoms with Gasteiger partial charge in [-0.1, -0.05) is 0 Å². The molecule has 1 aromatic carbocycles. The van der Waals surface area contributed by atoms with E-state index in [9.17, 15) is 14.0 Å². The third-order valence-corrected chi connectivity index (χ3v) is 8.10. The van der Waals surface area contributed by atoms with Gasteiger partial charge in [0.2, 0.25) is 6.43 Å². The zero-order valence-corrected chi connectivity index (χ0v) is 18.4. The van der Waals surface area contributed by atoms with Crippen LogP contribution in [0.1, 0.15) is 31.2 Å². The van der Waals surface area contributed by atoms with Gasteiger partial charge in [-0.15, -0.1) is 0 Å². The molecular formula is C25H31F2N5. The molecule has 1 aromatic heterocycles. The molecule has 5 rings (SSSR count). The van der Waals surface area contributed by atoms with Gasteiger partial charge >= 0.3 is 0 Å². The van der Waals surface area contributed by atoms with E-state index in [1.54, 1.807) is 12.3 Å². The molecule has 4 heterocycles. The van der Waals surface area contributed by atoms with E-state index in [-0.39, 0.29) is 5.92 Å². The van der Waals surface area contributed by atoms with Crippen LogP contribution in [0.15, 0.2) is 30.5 Å². The minimum absolute atomic E-state index is 0.0561. The predicted octanol–water partition coefficient (Wildman–Crippen LogP) is 3.89. The number of anilines is 1. The first-order chi connectivity index (χ1) is 15.6. The predicted molar refractivity (Wildman–Crippen MR) is 122 cm³/mol. The molecule has 3 fully saturated rings. The molecule has 7 heteroatoms. The number of benzene rings is 1. The molecule has 32 heavy (non-hydrogen) atoms. The fraction of sp³-hybridized carbons (Fsp3) is 0.600. The standard InChI is InChI=1S/C25H31F2N5/c26-24(27)21-17-32(22-4-3-18(14-28)23-20(22)2-1-9-30-23)16-19(21)15-31-12-7-25(8-13-31)5-10-29-11-6-25/h1-4,9,19,21,24,29H,5-8,10-13,15-17H2/t19-,21-/m1/s1. The van der Waals surface area contributed by atoms with Crippen LogP contribution < -0.4 is 10.2 Å². The largest absolute Gasteiger partial charge is 0.370 e. The van der Waals surface area contributed by atoms with Gasteiger partial charge in [0.05, 0.1) is 11.1 Å². The van der Waals surface area contributed by atoms with Gasteiger partial charge < -0.3 is 15.1 Å². The highest BCUT2D eigenvalue weighted by atomic mass is 19.3. The summed E-state index contributed by atoms with van der Waals surface area (Å²) in [5.74, 6) is -0.688. The number of alkyl halides is 2. The van der Waals surface area contributed by atoms with Gasteiger partial charge in [-0.25, -0.2) is 8.78 Å². The zero-order valence-electron chi connectivity index (χ0n) is 18.4. The van der Waals surface area contributed by atoms with Crippen LogP contribution in [0.4, 0.5) is 14.5 Å². The van der Waals surface area contributed by atoms with Crippen molar-refractivity contribution in [2.24, 2.45) is 17.3 Å². The van der Waals surface area contributed by atoms with Gasteiger partial charge in [0.15, 0.2) is 0 Å². The monoisotopic (exact) mass is 439 g/mol. The van der Waals surface area contributed by atoms with Crippen molar-refractivity contribution in [1.29, 1.82) is 5.26 Å². The summed E-state index contributed by atoms with van der Waals surface area (Å²) in [5.41, 5.74) is 2.55. The van der Waals surface area contributed by atoms with Crippen LogP contribution in [0.3, 0.4) is 0 Å². The number of nitrogens with one attached hydrogen (secondary N) is 1. The Hall–Kier alpha value is -2.30. The molecule has 3 saturated heterocycles. The number of likely N-dealkylation sites (tertiary alicyclic amines) is 1. The lowest BCUT2D eigenvalue weighted by molar-refractivity contribution is 0.0322. The number of halogens is 2. The van der Waals surface area contributed by atoms with Crippen molar-refractivity contribution in [3.63, 3.8) is 0 Å². The Morgan fingerprint density at radius 1 is 1.12 bits per heavy atom. The Morgan fingerprint density at radius 2 is 1.91 bits per heavy atom. The highest BCUT2D eigenvalue weighted by Gasteiger charge is 2.42. The van der Waals surface area contributed by atoms with Crippen LogP contribution in [0.25, 0.3) is 10.9 Å². The third kappa shape index (κ3) is 4.06. The van der Waals surface area contributed by atoms with Crippen molar-refractivity contribution >= 4 is 16.6 Å². The van der Waals surface area contributed by atoms with Crippen molar-refractivity contribution in [1.82, 2.24) is 15.2 Å². The number of nitrogens with zero attached hydrogens (tertiary/aromatic N) is 4. The quantitative estimate of drug-likeness (QED) is 0.783. The van der Waals surface area contributed by atoms with E-state index < -0.39 is 12.3 Å². The maximum atomic E-state index is 14.0. The van der Waals surface area contributed by atoms with Gasteiger partial charge in [0.25, 0.3) is 0 Å². The highest BCUT2D eigenvalue weighted by Crippen LogP contribution is 2.41. The van der Waals surface area contributed by atoms with Crippen LogP contribution in [0.2, 0.25) is 0 Å². The zero-order chi connectivity index (χ0) is 22.1. The van der Waals surface area contributed by atoms with E-state index in [1.807, 2.05) is 18.2 Å². The molecule has 1 N–H and O–H groups in total. The average Bonchev–Trinajstić information content (AvgIpc) is 3.24. The summed E-state index contributed by atoms with van der Waals surface area (Å²) >= 11 is 0. The average molecular weight is 440 g/mol. The molecule has 3 aliphatic rings. The summed E-state index contributed by atoms with van der Waals surface area (Å²) in [6.45, 7) is 5.98. The Morgan fingerprint density at radius 3 is 2.62 bits per heavy atom. The lowest BCUT2D eigenvalue weighted by atomic mass is 9.71. The number of hydrogen-bond donors (Lipinski definition) is 1. The second-order valence-corrected chi connectivity index (χ2v) is 9.86. The molecule has 0 amide bonds. The van der Waals surface area contributed by atoms with E-state index in [1.165, 1.54) is 25.7 Å². The number of pyridine rings is 1. The number of hydrogen-bond acceptors (Lipinski definition) is 5. The van der Waals surface area contributed by atoms with Crippen LogP contribution in [0, 0.1) is 28.6 Å². The molecule has 5 nitrogen and oxygen atoms in total. The summed E-state index contributed by atoms with van der Waals surface area (Å²) in [6, 6.07) is 9.63. The van der Waals surface area contributed by atoms with Crippen molar-refractivity contribution in [2.75, 3.05) is 50.7 Å². The van der Waals surface area contributed by atoms with Gasteiger partial charge in [0.1, 0.15) is 6.07 Å². The fourth-order valence-corrected chi connectivity index (χ4v) is 6.09. The summed E-state index contributed by atoms with van der Waals surface area (Å²) in [5, 5.41) is 13.7.